The van der Waals surface area contributed by atoms with Crippen LogP contribution in [0.1, 0.15) is 22.1 Å². The number of carbonyl (C=O) groups excluding carboxylic acids is 1. The molecule has 0 radical (unpaired) electrons. The molecule has 7 heteroatoms. The fourth-order valence-corrected chi connectivity index (χ4v) is 2.03. The number of Topliss-reactive ketones (excluding diaryl/α,β-unsaturated/α-hetero) is 1. The second-order valence-electron chi connectivity index (χ2n) is 4.68. The van der Waals surface area contributed by atoms with Gasteiger partial charge >= 0.3 is 0 Å². The summed E-state index contributed by atoms with van der Waals surface area (Å²) in [4.78, 5) is 17.5. The molecule has 6 nitrogen and oxygen atoms in total. The van der Waals surface area contributed by atoms with E-state index in [-0.39, 0.29) is 11.4 Å². The Morgan fingerprint density at radius 3 is 2.61 bits per heavy atom. The molecule has 0 bridgehead atoms. The first-order chi connectivity index (χ1) is 11.2. The number of ketones is 1. The van der Waals surface area contributed by atoms with Crippen molar-refractivity contribution in [1.82, 2.24) is 20.0 Å². The van der Waals surface area contributed by atoms with Gasteiger partial charge in [0.05, 0.1) is 29.8 Å². The molecule has 0 spiro atoms. The number of hydrogen-bond acceptors (Lipinski definition) is 5. The highest BCUT2D eigenvalue weighted by Gasteiger charge is 2.25. The van der Waals surface area contributed by atoms with E-state index in [1.807, 2.05) is 24.3 Å². The van der Waals surface area contributed by atoms with Gasteiger partial charge in [-0.15, -0.1) is 5.10 Å². The third-order valence-electron chi connectivity index (χ3n) is 3.17. The summed E-state index contributed by atoms with van der Waals surface area (Å²) in [5.41, 5.74) is 0.916. The van der Waals surface area contributed by atoms with Gasteiger partial charge in [-0.05, 0) is 24.3 Å². The van der Waals surface area contributed by atoms with Gasteiger partial charge in [-0.3, -0.25) is 9.78 Å². The molecule has 0 saturated heterocycles. The van der Waals surface area contributed by atoms with Gasteiger partial charge in [0.25, 0.3) is 0 Å². The number of pyridine rings is 1. The van der Waals surface area contributed by atoms with Gasteiger partial charge < -0.3 is 0 Å². The number of hydrogen-bond donors (Lipinski definition) is 0. The summed E-state index contributed by atoms with van der Waals surface area (Å²) in [5, 5.41) is 17.4. The lowest BCUT2D eigenvalue weighted by molar-refractivity contribution is 0.0972. The quantitative estimate of drug-likeness (QED) is 0.690. The Balaban J connectivity index is 1.89. The maximum atomic E-state index is 12.9. The zero-order valence-electron chi connectivity index (χ0n) is 11.8. The van der Waals surface area contributed by atoms with Crippen LogP contribution >= 0.6 is 0 Å². The summed E-state index contributed by atoms with van der Waals surface area (Å²) in [6.45, 7) is 0. The number of aromatic nitrogens is 4. The summed E-state index contributed by atoms with van der Waals surface area (Å²) in [7, 11) is 0. The van der Waals surface area contributed by atoms with Crippen LogP contribution in [-0.4, -0.2) is 25.8 Å². The molecule has 3 rings (SSSR count). The lowest BCUT2D eigenvalue weighted by Gasteiger charge is -2.05. The van der Waals surface area contributed by atoms with Crippen LogP contribution in [-0.2, 0) is 0 Å². The van der Waals surface area contributed by atoms with Gasteiger partial charge in [0.1, 0.15) is 5.82 Å². The molecule has 1 atom stereocenters. The zero-order chi connectivity index (χ0) is 16.2. The van der Waals surface area contributed by atoms with Crippen LogP contribution in [0.15, 0.2) is 54.9 Å². The Kier molecular flexibility index (Phi) is 3.89. The fourth-order valence-electron chi connectivity index (χ4n) is 2.03. The van der Waals surface area contributed by atoms with Crippen LogP contribution < -0.4 is 0 Å². The van der Waals surface area contributed by atoms with Crippen molar-refractivity contribution in [3.63, 3.8) is 0 Å². The SMILES string of the molecule is N#C[C@H](C(=O)c1cnn(-c2ccccc2)n1)c1ccc(F)cn1. The predicted molar refractivity (Wildman–Crippen MR) is 78.2 cm³/mol. The number of benzene rings is 1. The van der Waals surface area contributed by atoms with Gasteiger partial charge in [-0.1, -0.05) is 18.2 Å². The monoisotopic (exact) mass is 307 g/mol. The minimum atomic E-state index is -1.16. The van der Waals surface area contributed by atoms with E-state index < -0.39 is 17.5 Å². The van der Waals surface area contributed by atoms with E-state index in [1.165, 1.54) is 17.1 Å². The van der Waals surface area contributed by atoms with E-state index in [2.05, 4.69) is 15.2 Å². The number of para-hydroxylation sites is 1. The lowest BCUT2D eigenvalue weighted by atomic mass is 9.99. The first-order valence-electron chi connectivity index (χ1n) is 6.72. The molecule has 0 fully saturated rings. The second-order valence-corrected chi connectivity index (χ2v) is 4.68. The van der Waals surface area contributed by atoms with Crippen molar-refractivity contribution < 1.29 is 9.18 Å². The first kappa shape index (κ1) is 14.5. The smallest absolute Gasteiger partial charge is 0.207 e. The third kappa shape index (κ3) is 2.96. The van der Waals surface area contributed by atoms with Crippen molar-refractivity contribution in [2.45, 2.75) is 5.92 Å². The van der Waals surface area contributed by atoms with Crippen molar-refractivity contribution >= 4 is 5.78 Å². The maximum Gasteiger partial charge on any atom is 0.207 e. The number of rotatable bonds is 4. The van der Waals surface area contributed by atoms with Crippen molar-refractivity contribution in [1.29, 1.82) is 5.26 Å². The molecule has 0 N–H and O–H groups in total. The fraction of sp³-hybridized carbons (Fsp3) is 0.0625. The summed E-state index contributed by atoms with van der Waals surface area (Å²) in [6.07, 6.45) is 2.26. The van der Waals surface area contributed by atoms with Crippen LogP contribution in [0.2, 0.25) is 0 Å². The average molecular weight is 307 g/mol. The number of nitriles is 1. The van der Waals surface area contributed by atoms with E-state index in [0.717, 1.165) is 12.3 Å². The van der Waals surface area contributed by atoms with Gasteiger partial charge in [0.2, 0.25) is 5.78 Å². The molecule has 0 aliphatic heterocycles. The van der Waals surface area contributed by atoms with Gasteiger partial charge in [-0.25, -0.2) is 4.39 Å². The molecule has 0 aliphatic carbocycles. The number of nitrogens with zero attached hydrogens (tertiary/aromatic N) is 5. The molecule has 112 valence electrons. The predicted octanol–water partition coefficient (Wildman–Crippen LogP) is 2.29. The summed E-state index contributed by atoms with van der Waals surface area (Å²) >= 11 is 0. The van der Waals surface area contributed by atoms with Crippen LogP contribution in [0, 0.1) is 17.1 Å². The highest BCUT2D eigenvalue weighted by molar-refractivity contribution is 6.00. The van der Waals surface area contributed by atoms with Gasteiger partial charge in [0.15, 0.2) is 11.6 Å². The Morgan fingerprint density at radius 2 is 1.96 bits per heavy atom. The van der Waals surface area contributed by atoms with E-state index in [4.69, 9.17) is 0 Å². The molecular formula is C16H10FN5O. The van der Waals surface area contributed by atoms with E-state index >= 15 is 0 Å². The van der Waals surface area contributed by atoms with E-state index in [1.54, 1.807) is 12.1 Å². The summed E-state index contributed by atoms with van der Waals surface area (Å²) < 4.78 is 12.9. The van der Waals surface area contributed by atoms with Gasteiger partial charge in [0, 0.05) is 0 Å². The minimum Gasteiger partial charge on any atom is -0.290 e. The largest absolute Gasteiger partial charge is 0.290 e. The Morgan fingerprint density at radius 1 is 1.17 bits per heavy atom. The molecule has 0 aliphatic rings. The van der Waals surface area contributed by atoms with Crippen LogP contribution in [0.5, 0.6) is 0 Å². The normalized spacial score (nSPS) is 11.7. The number of halogens is 1. The first-order valence-corrected chi connectivity index (χ1v) is 6.72. The van der Waals surface area contributed by atoms with E-state index in [9.17, 15) is 14.4 Å². The maximum absolute atomic E-state index is 12.9. The molecule has 1 aromatic carbocycles. The van der Waals surface area contributed by atoms with Crippen molar-refractivity contribution in [2.24, 2.45) is 0 Å². The second kappa shape index (κ2) is 6.15. The van der Waals surface area contributed by atoms with Crippen LogP contribution in [0.25, 0.3) is 5.69 Å². The topological polar surface area (TPSA) is 84.5 Å². The zero-order valence-corrected chi connectivity index (χ0v) is 11.8. The average Bonchev–Trinajstić information content (AvgIpc) is 3.08. The summed E-state index contributed by atoms with van der Waals surface area (Å²) in [5.74, 6) is -2.22. The molecule has 0 amide bonds. The Labute approximate surface area is 130 Å². The molecular weight excluding hydrogens is 297 g/mol. The standard InChI is InChI=1S/C16H10FN5O/c17-11-6-7-14(19-9-11)13(8-18)16(23)15-10-20-22(21-15)12-4-2-1-3-5-12/h1-7,9-10,13H/t13-/m0/s1. The van der Waals surface area contributed by atoms with Crippen molar-refractivity contribution in [2.75, 3.05) is 0 Å². The molecule has 0 saturated carbocycles. The molecule has 2 aromatic heterocycles. The van der Waals surface area contributed by atoms with Crippen molar-refractivity contribution in [3.8, 4) is 11.8 Å². The molecule has 0 unspecified atom stereocenters. The Hall–Kier alpha value is -3.40. The van der Waals surface area contributed by atoms with Crippen LogP contribution in [0.4, 0.5) is 4.39 Å². The molecule has 2 heterocycles. The third-order valence-corrected chi connectivity index (χ3v) is 3.17. The van der Waals surface area contributed by atoms with Crippen molar-refractivity contribution in [3.05, 3.63) is 72.1 Å². The Bertz CT molecular complexity index is 867. The summed E-state index contributed by atoms with van der Waals surface area (Å²) in [6, 6.07) is 13.4. The molecule has 23 heavy (non-hydrogen) atoms. The van der Waals surface area contributed by atoms with Crippen LogP contribution in [0.3, 0.4) is 0 Å². The number of carbonyl (C=O) groups is 1. The molecule has 3 aromatic rings. The lowest BCUT2D eigenvalue weighted by Crippen LogP contribution is -2.14. The van der Waals surface area contributed by atoms with Gasteiger partial charge in [-0.2, -0.15) is 15.2 Å². The highest BCUT2D eigenvalue weighted by atomic mass is 19.1. The minimum absolute atomic E-state index is 0.0477. The van der Waals surface area contributed by atoms with E-state index in [0.29, 0.717) is 5.69 Å². The highest BCUT2D eigenvalue weighted by Crippen LogP contribution is 2.18.